The number of benzene rings is 1. The first-order valence-electron chi connectivity index (χ1n) is 5.90. The zero-order valence-electron chi connectivity index (χ0n) is 10.8. The molecule has 1 amide bonds. The lowest BCUT2D eigenvalue weighted by molar-refractivity contribution is -0.139. The van der Waals surface area contributed by atoms with Crippen molar-refractivity contribution in [3.63, 3.8) is 0 Å². The lowest BCUT2D eigenvalue weighted by atomic mass is 10.0. The third-order valence-corrected chi connectivity index (χ3v) is 2.57. The van der Waals surface area contributed by atoms with Gasteiger partial charge in [-0.1, -0.05) is 13.8 Å². The molecule has 0 heterocycles. The molecular formula is C13H17FN2O3. The van der Waals surface area contributed by atoms with Crippen LogP contribution in [0.15, 0.2) is 18.2 Å². The van der Waals surface area contributed by atoms with E-state index in [1.54, 1.807) is 0 Å². The summed E-state index contributed by atoms with van der Waals surface area (Å²) in [5.41, 5.74) is 5.61. The van der Waals surface area contributed by atoms with Crippen molar-refractivity contribution in [3.05, 3.63) is 29.6 Å². The van der Waals surface area contributed by atoms with Crippen molar-refractivity contribution >= 4 is 17.6 Å². The topological polar surface area (TPSA) is 92.4 Å². The Bertz CT molecular complexity index is 489. The summed E-state index contributed by atoms with van der Waals surface area (Å²) in [4.78, 5) is 22.9. The largest absolute Gasteiger partial charge is 0.480 e. The Morgan fingerprint density at radius 3 is 2.58 bits per heavy atom. The molecule has 0 radical (unpaired) electrons. The van der Waals surface area contributed by atoms with Crippen LogP contribution in [0.3, 0.4) is 0 Å². The Labute approximate surface area is 110 Å². The van der Waals surface area contributed by atoms with E-state index in [9.17, 15) is 14.0 Å². The molecule has 6 heteroatoms. The van der Waals surface area contributed by atoms with Crippen molar-refractivity contribution in [3.8, 4) is 0 Å². The lowest BCUT2D eigenvalue weighted by Crippen LogP contribution is -2.41. The summed E-state index contributed by atoms with van der Waals surface area (Å²) in [6.45, 7) is 3.69. The lowest BCUT2D eigenvalue weighted by Gasteiger charge is -2.17. The molecule has 1 rings (SSSR count). The van der Waals surface area contributed by atoms with E-state index in [-0.39, 0.29) is 23.6 Å². The van der Waals surface area contributed by atoms with E-state index in [0.29, 0.717) is 0 Å². The standard InChI is InChI=1S/C13H17FN2O3/c1-7(2)5-11(13(18)19)16-12(17)9-6-8(14)3-4-10(9)15/h3-4,6-7,11H,5,15H2,1-2H3,(H,16,17)(H,18,19)/t11-/m0/s1. The van der Waals surface area contributed by atoms with Gasteiger partial charge in [0.1, 0.15) is 11.9 Å². The van der Waals surface area contributed by atoms with Crippen molar-refractivity contribution < 1.29 is 19.1 Å². The van der Waals surface area contributed by atoms with Gasteiger partial charge in [0.05, 0.1) is 5.56 Å². The number of nitrogen functional groups attached to an aromatic ring is 1. The number of carbonyl (C=O) groups is 2. The van der Waals surface area contributed by atoms with Crippen LogP contribution in [0.2, 0.25) is 0 Å². The average molecular weight is 268 g/mol. The van der Waals surface area contributed by atoms with Crippen molar-refractivity contribution in [1.82, 2.24) is 5.32 Å². The molecule has 1 aromatic rings. The molecule has 0 aliphatic carbocycles. The van der Waals surface area contributed by atoms with Crippen LogP contribution in [0.5, 0.6) is 0 Å². The van der Waals surface area contributed by atoms with Gasteiger partial charge in [0, 0.05) is 5.69 Å². The van der Waals surface area contributed by atoms with E-state index in [2.05, 4.69) is 5.32 Å². The molecule has 104 valence electrons. The number of carboxylic acids is 1. The van der Waals surface area contributed by atoms with Crippen molar-refractivity contribution in [2.24, 2.45) is 5.92 Å². The van der Waals surface area contributed by atoms with Gasteiger partial charge in [-0.25, -0.2) is 9.18 Å². The number of nitrogens with one attached hydrogen (secondary N) is 1. The quantitative estimate of drug-likeness (QED) is 0.708. The molecule has 0 aliphatic rings. The molecule has 0 aromatic heterocycles. The molecule has 4 N–H and O–H groups in total. The van der Waals surface area contributed by atoms with Crippen LogP contribution in [-0.2, 0) is 4.79 Å². The number of rotatable bonds is 5. The third kappa shape index (κ3) is 4.24. The minimum absolute atomic E-state index is 0.0602. The van der Waals surface area contributed by atoms with Gasteiger partial charge in [-0.3, -0.25) is 4.79 Å². The van der Waals surface area contributed by atoms with Gasteiger partial charge in [0.2, 0.25) is 0 Å². The van der Waals surface area contributed by atoms with E-state index >= 15 is 0 Å². The minimum atomic E-state index is -1.13. The molecule has 5 nitrogen and oxygen atoms in total. The summed E-state index contributed by atoms with van der Waals surface area (Å²) in [7, 11) is 0. The highest BCUT2D eigenvalue weighted by molar-refractivity contribution is 6.00. The van der Waals surface area contributed by atoms with Gasteiger partial charge in [-0.05, 0) is 30.5 Å². The first kappa shape index (κ1) is 14.9. The summed E-state index contributed by atoms with van der Waals surface area (Å²) in [6.07, 6.45) is 0.288. The third-order valence-electron chi connectivity index (χ3n) is 2.57. The average Bonchev–Trinajstić information content (AvgIpc) is 2.30. The van der Waals surface area contributed by atoms with Crippen LogP contribution in [-0.4, -0.2) is 23.0 Å². The second-order valence-electron chi connectivity index (χ2n) is 4.73. The molecule has 0 aliphatic heterocycles. The Morgan fingerprint density at radius 1 is 1.42 bits per heavy atom. The predicted molar refractivity (Wildman–Crippen MR) is 69.2 cm³/mol. The first-order chi connectivity index (χ1) is 8.81. The summed E-state index contributed by atoms with van der Waals surface area (Å²) in [5, 5.41) is 11.4. The number of nitrogens with two attached hydrogens (primary N) is 1. The number of anilines is 1. The van der Waals surface area contributed by atoms with E-state index in [1.807, 2.05) is 13.8 Å². The summed E-state index contributed by atoms with van der Waals surface area (Å²) in [6, 6.07) is 2.37. The van der Waals surface area contributed by atoms with Crippen LogP contribution in [0.1, 0.15) is 30.6 Å². The fourth-order valence-corrected chi connectivity index (χ4v) is 1.65. The maximum atomic E-state index is 13.1. The maximum Gasteiger partial charge on any atom is 0.326 e. The summed E-state index contributed by atoms with van der Waals surface area (Å²) in [5.74, 6) is -2.32. The molecule has 0 bridgehead atoms. The highest BCUT2D eigenvalue weighted by atomic mass is 19.1. The normalized spacial score (nSPS) is 12.2. The second-order valence-corrected chi connectivity index (χ2v) is 4.73. The molecule has 0 saturated heterocycles. The fraction of sp³-hybridized carbons (Fsp3) is 0.385. The van der Waals surface area contributed by atoms with E-state index in [1.165, 1.54) is 6.07 Å². The van der Waals surface area contributed by atoms with Crippen LogP contribution in [0.4, 0.5) is 10.1 Å². The van der Waals surface area contributed by atoms with Crippen molar-refractivity contribution in [2.45, 2.75) is 26.3 Å². The second kappa shape index (κ2) is 6.17. The van der Waals surface area contributed by atoms with Crippen molar-refractivity contribution in [1.29, 1.82) is 0 Å². The molecule has 0 saturated carbocycles. The number of halogens is 1. The van der Waals surface area contributed by atoms with Gasteiger partial charge >= 0.3 is 5.97 Å². The minimum Gasteiger partial charge on any atom is -0.480 e. The van der Waals surface area contributed by atoms with E-state index < -0.39 is 23.7 Å². The Kier molecular flexibility index (Phi) is 4.86. The SMILES string of the molecule is CC(C)C[C@H](NC(=O)c1cc(F)ccc1N)C(=O)O. The van der Waals surface area contributed by atoms with Crippen LogP contribution in [0, 0.1) is 11.7 Å². The smallest absolute Gasteiger partial charge is 0.326 e. The number of amides is 1. The molecule has 0 spiro atoms. The van der Waals surface area contributed by atoms with Gasteiger partial charge in [-0.15, -0.1) is 0 Å². The van der Waals surface area contributed by atoms with E-state index in [4.69, 9.17) is 10.8 Å². The predicted octanol–water partition coefficient (Wildman–Crippen LogP) is 1.64. The highest BCUT2D eigenvalue weighted by Crippen LogP contribution is 2.14. The maximum absolute atomic E-state index is 13.1. The monoisotopic (exact) mass is 268 g/mol. The number of hydrogen-bond donors (Lipinski definition) is 3. The van der Waals surface area contributed by atoms with E-state index in [0.717, 1.165) is 12.1 Å². The van der Waals surface area contributed by atoms with Gasteiger partial charge in [-0.2, -0.15) is 0 Å². The Balaban J connectivity index is 2.87. The zero-order valence-corrected chi connectivity index (χ0v) is 10.8. The van der Waals surface area contributed by atoms with Crippen LogP contribution < -0.4 is 11.1 Å². The number of aliphatic carboxylic acids is 1. The Hall–Kier alpha value is -2.11. The van der Waals surface area contributed by atoms with Crippen molar-refractivity contribution in [2.75, 3.05) is 5.73 Å². The summed E-state index contributed by atoms with van der Waals surface area (Å²) >= 11 is 0. The number of carboxylic acid groups (broad SMARTS) is 1. The fourth-order valence-electron chi connectivity index (χ4n) is 1.65. The molecule has 0 fully saturated rings. The molecule has 1 atom stereocenters. The van der Waals surface area contributed by atoms with Crippen LogP contribution in [0.25, 0.3) is 0 Å². The van der Waals surface area contributed by atoms with Crippen LogP contribution >= 0.6 is 0 Å². The number of hydrogen-bond acceptors (Lipinski definition) is 3. The van der Waals surface area contributed by atoms with Gasteiger partial charge in [0.15, 0.2) is 0 Å². The Morgan fingerprint density at radius 2 is 2.05 bits per heavy atom. The zero-order chi connectivity index (χ0) is 14.6. The summed E-state index contributed by atoms with van der Waals surface area (Å²) < 4.78 is 13.1. The first-order valence-corrected chi connectivity index (χ1v) is 5.90. The van der Waals surface area contributed by atoms with Gasteiger partial charge in [0.25, 0.3) is 5.91 Å². The number of carbonyl (C=O) groups excluding carboxylic acids is 1. The van der Waals surface area contributed by atoms with Gasteiger partial charge < -0.3 is 16.2 Å². The highest BCUT2D eigenvalue weighted by Gasteiger charge is 2.22. The molecule has 19 heavy (non-hydrogen) atoms. The molecule has 0 unspecified atom stereocenters. The molecule has 1 aromatic carbocycles. The molecular weight excluding hydrogens is 251 g/mol.